The van der Waals surface area contributed by atoms with E-state index in [4.69, 9.17) is 13.9 Å². The number of aromatic carboxylic acids is 1. The van der Waals surface area contributed by atoms with Crippen LogP contribution in [-0.4, -0.2) is 54.2 Å². The summed E-state index contributed by atoms with van der Waals surface area (Å²) in [5.41, 5.74) is 0. The molecular formula is C16H18N2O7S. The Morgan fingerprint density at radius 1 is 1.35 bits per heavy atom. The lowest BCUT2D eigenvalue weighted by Crippen LogP contribution is -2.46. The molecule has 1 aliphatic rings. The van der Waals surface area contributed by atoms with Crippen LogP contribution in [-0.2, 0) is 21.4 Å². The fourth-order valence-electron chi connectivity index (χ4n) is 2.93. The van der Waals surface area contributed by atoms with Gasteiger partial charge in [0.15, 0.2) is 0 Å². The number of carbonyl (C=O) groups excluding carboxylic acids is 1. The lowest BCUT2D eigenvalue weighted by Gasteiger charge is -2.26. The maximum absolute atomic E-state index is 12.8. The minimum atomic E-state index is -4.11. The number of carboxylic acids is 1. The summed E-state index contributed by atoms with van der Waals surface area (Å²) in [4.78, 5) is 25.0. The van der Waals surface area contributed by atoms with Gasteiger partial charge in [-0.05, 0) is 37.1 Å². The van der Waals surface area contributed by atoms with E-state index in [0.29, 0.717) is 18.6 Å². The Labute approximate surface area is 149 Å². The summed E-state index contributed by atoms with van der Waals surface area (Å²) >= 11 is 0. The van der Waals surface area contributed by atoms with E-state index in [1.807, 2.05) is 0 Å². The van der Waals surface area contributed by atoms with Crippen LogP contribution >= 0.6 is 0 Å². The molecule has 10 heteroatoms. The van der Waals surface area contributed by atoms with E-state index < -0.39 is 32.9 Å². The average Bonchev–Trinajstić information content (AvgIpc) is 3.33. The Bertz CT molecular complexity index is 901. The molecule has 1 saturated heterocycles. The highest BCUT2D eigenvalue weighted by atomic mass is 32.2. The minimum Gasteiger partial charge on any atom is -0.475 e. The largest absolute Gasteiger partial charge is 0.475 e. The van der Waals surface area contributed by atoms with Gasteiger partial charge in [0.05, 0.1) is 12.8 Å². The van der Waals surface area contributed by atoms with Crippen molar-refractivity contribution in [3.05, 3.63) is 42.0 Å². The van der Waals surface area contributed by atoms with E-state index in [1.54, 1.807) is 19.2 Å². The van der Waals surface area contributed by atoms with Crippen LogP contribution in [0.1, 0.15) is 29.2 Å². The van der Waals surface area contributed by atoms with Gasteiger partial charge in [-0.1, -0.05) is 0 Å². The van der Waals surface area contributed by atoms with Gasteiger partial charge in [0, 0.05) is 13.6 Å². The number of carboxylic acid groups (broad SMARTS) is 1. The lowest BCUT2D eigenvalue weighted by atomic mass is 10.2. The molecule has 0 saturated carbocycles. The molecule has 26 heavy (non-hydrogen) atoms. The van der Waals surface area contributed by atoms with E-state index in [2.05, 4.69) is 0 Å². The number of carbonyl (C=O) groups is 2. The van der Waals surface area contributed by atoms with Gasteiger partial charge in [-0.3, -0.25) is 4.79 Å². The van der Waals surface area contributed by atoms with E-state index in [9.17, 15) is 18.0 Å². The van der Waals surface area contributed by atoms with Crippen molar-refractivity contribution in [3.8, 4) is 0 Å². The fourth-order valence-corrected chi connectivity index (χ4v) is 4.50. The number of sulfonamides is 1. The average molecular weight is 382 g/mol. The number of hydrogen-bond acceptors (Lipinski definition) is 6. The molecule has 0 aliphatic carbocycles. The van der Waals surface area contributed by atoms with Crippen molar-refractivity contribution in [1.82, 2.24) is 9.21 Å². The molecule has 9 nitrogen and oxygen atoms in total. The van der Waals surface area contributed by atoms with Crippen molar-refractivity contribution in [3.63, 3.8) is 0 Å². The molecule has 3 rings (SSSR count). The predicted molar refractivity (Wildman–Crippen MR) is 87.8 cm³/mol. The highest BCUT2D eigenvalue weighted by Gasteiger charge is 2.42. The van der Waals surface area contributed by atoms with Gasteiger partial charge in [0.25, 0.3) is 10.0 Å². The maximum atomic E-state index is 12.8. The molecule has 3 heterocycles. The molecule has 1 unspecified atom stereocenters. The zero-order valence-electron chi connectivity index (χ0n) is 14.0. The van der Waals surface area contributed by atoms with E-state index >= 15 is 0 Å². The molecular weight excluding hydrogens is 364 g/mol. The third-order valence-corrected chi connectivity index (χ3v) is 5.98. The number of likely N-dealkylation sites (N-methyl/N-ethyl adjacent to an activating group) is 1. The molecule has 2 aromatic rings. The number of furan rings is 2. The number of amides is 1. The second-order valence-corrected chi connectivity index (χ2v) is 7.79. The summed E-state index contributed by atoms with van der Waals surface area (Å²) in [6, 6.07) is 4.73. The summed E-state index contributed by atoms with van der Waals surface area (Å²) in [7, 11) is -2.54. The lowest BCUT2D eigenvalue weighted by molar-refractivity contribution is -0.134. The summed E-state index contributed by atoms with van der Waals surface area (Å²) < 4.78 is 36.8. The normalized spacial score (nSPS) is 18.1. The van der Waals surface area contributed by atoms with Gasteiger partial charge in [0.2, 0.25) is 16.8 Å². The van der Waals surface area contributed by atoms with E-state index in [1.165, 1.54) is 11.2 Å². The van der Waals surface area contributed by atoms with Crippen LogP contribution in [0.5, 0.6) is 0 Å². The summed E-state index contributed by atoms with van der Waals surface area (Å²) in [6.07, 6.45) is 2.40. The minimum absolute atomic E-state index is 0.163. The topological polar surface area (TPSA) is 121 Å². The molecule has 1 N–H and O–H groups in total. The third-order valence-electron chi connectivity index (χ3n) is 4.19. The summed E-state index contributed by atoms with van der Waals surface area (Å²) in [5.74, 6) is -1.60. The van der Waals surface area contributed by atoms with E-state index in [0.717, 1.165) is 16.4 Å². The van der Waals surface area contributed by atoms with Crippen LogP contribution in [0.25, 0.3) is 0 Å². The first kappa shape index (κ1) is 18.2. The third kappa shape index (κ3) is 3.37. The van der Waals surface area contributed by atoms with Crippen molar-refractivity contribution in [1.29, 1.82) is 0 Å². The molecule has 1 fully saturated rings. The Hall–Kier alpha value is -2.59. The quantitative estimate of drug-likeness (QED) is 0.801. The fraction of sp³-hybridized carbons (Fsp3) is 0.375. The summed E-state index contributed by atoms with van der Waals surface area (Å²) in [5, 5.41) is 8.41. The highest BCUT2D eigenvalue weighted by Crippen LogP contribution is 2.28. The van der Waals surface area contributed by atoms with Crippen LogP contribution in [0.15, 0.2) is 44.5 Å². The molecule has 2 aromatic heterocycles. The van der Waals surface area contributed by atoms with Gasteiger partial charge in [0.1, 0.15) is 11.8 Å². The summed E-state index contributed by atoms with van der Waals surface area (Å²) in [6.45, 7) is 0.385. The molecule has 1 aliphatic heterocycles. The molecule has 140 valence electrons. The van der Waals surface area contributed by atoms with Gasteiger partial charge in [-0.2, -0.15) is 4.31 Å². The first-order valence-corrected chi connectivity index (χ1v) is 9.37. The van der Waals surface area contributed by atoms with Crippen LogP contribution in [0.3, 0.4) is 0 Å². The smallest absolute Gasteiger partial charge is 0.371 e. The number of rotatable bonds is 6. The molecule has 1 atom stereocenters. The molecule has 0 aromatic carbocycles. The Balaban J connectivity index is 1.80. The zero-order chi connectivity index (χ0) is 18.9. The Kier molecular flexibility index (Phi) is 4.88. The Morgan fingerprint density at radius 2 is 2.12 bits per heavy atom. The molecule has 0 spiro atoms. The highest BCUT2D eigenvalue weighted by molar-refractivity contribution is 7.89. The number of nitrogens with zero attached hydrogens (tertiary/aromatic N) is 2. The van der Waals surface area contributed by atoms with Crippen LogP contribution in [0, 0.1) is 0 Å². The first-order valence-electron chi connectivity index (χ1n) is 7.93. The molecule has 1 amide bonds. The molecule has 0 radical (unpaired) electrons. The maximum Gasteiger partial charge on any atom is 0.371 e. The standard InChI is InChI=1S/C16H18N2O7S/c1-17(10-11-4-3-9-24-11)15(19)12-5-2-8-18(12)26(22,23)14-7-6-13(25-14)16(20)21/h3-4,6-7,9,12H,2,5,8,10H2,1H3,(H,20,21). The van der Waals surface area contributed by atoms with Gasteiger partial charge in [-0.25, -0.2) is 13.2 Å². The van der Waals surface area contributed by atoms with Crippen LogP contribution < -0.4 is 0 Å². The second-order valence-electron chi connectivity index (χ2n) is 5.97. The van der Waals surface area contributed by atoms with Gasteiger partial charge >= 0.3 is 5.97 Å². The SMILES string of the molecule is CN(Cc1ccco1)C(=O)C1CCCN1S(=O)(=O)c1ccc(C(=O)O)o1. The van der Waals surface area contributed by atoms with Crippen molar-refractivity contribution in [2.24, 2.45) is 0 Å². The first-order chi connectivity index (χ1) is 12.3. The second kappa shape index (κ2) is 6.96. The van der Waals surface area contributed by atoms with Gasteiger partial charge in [-0.15, -0.1) is 0 Å². The van der Waals surface area contributed by atoms with Crippen molar-refractivity contribution in [2.45, 2.75) is 30.5 Å². The number of hydrogen-bond donors (Lipinski definition) is 1. The Morgan fingerprint density at radius 3 is 2.73 bits per heavy atom. The molecule has 0 bridgehead atoms. The van der Waals surface area contributed by atoms with Crippen LogP contribution in [0.4, 0.5) is 0 Å². The van der Waals surface area contributed by atoms with Gasteiger partial charge < -0.3 is 18.8 Å². The van der Waals surface area contributed by atoms with Crippen molar-refractivity contribution in [2.75, 3.05) is 13.6 Å². The monoisotopic (exact) mass is 382 g/mol. The van der Waals surface area contributed by atoms with Crippen molar-refractivity contribution < 1.29 is 31.9 Å². The predicted octanol–water partition coefficient (Wildman–Crippen LogP) is 1.38. The van der Waals surface area contributed by atoms with E-state index in [-0.39, 0.29) is 19.0 Å². The zero-order valence-corrected chi connectivity index (χ0v) is 14.8. The van der Waals surface area contributed by atoms with Crippen LogP contribution in [0.2, 0.25) is 0 Å². The van der Waals surface area contributed by atoms with Crippen molar-refractivity contribution >= 4 is 21.9 Å².